The maximum absolute atomic E-state index is 9.24. The van der Waals surface area contributed by atoms with Crippen LogP contribution in [0, 0.1) is 0 Å². The van der Waals surface area contributed by atoms with Crippen LogP contribution in [-0.2, 0) is 13.1 Å². The fourth-order valence-electron chi connectivity index (χ4n) is 2.44. The van der Waals surface area contributed by atoms with Gasteiger partial charge >= 0.3 is 0 Å². The maximum Gasteiger partial charge on any atom is 0.115 e. The van der Waals surface area contributed by atoms with Crippen LogP contribution in [-0.4, -0.2) is 5.11 Å². The van der Waals surface area contributed by atoms with Gasteiger partial charge in [-0.3, -0.25) is 0 Å². The molecule has 1 saturated carbocycles. The van der Waals surface area contributed by atoms with Gasteiger partial charge in [0.2, 0.25) is 0 Å². The quantitative estimate of drug-likeness (QED) is 0.854. The van der Waals surface area contributed by atoms with Crippen molar-refractivity contribution in [3.8, 4) is 5.75 Å². The summed E-state index contributed by atoms with van der Waals surface area (Å²) in [6.45, 7) is 1.74. The van der Waals surface area contributed by atoms with Crippen LogP contribution in [0.25, 0.3) is 0 Å². The van der Waals surface area contributed by atoms with Gasteiger partial charge < -0.3 is 10.4 Å². The van der Waals surface area contributed by atoms with Crippen molar-refractivity contribution in [1.82, 2.24) is 5.32 Å². The molecule has 0 spiro atoms. The lowest BCUT2D eigenvalue weighted by Gasteiger charge is -2.10. The fourth-order valence-corrected chi connectivity index (χ4v) is 2.44. The molecule has 3 rings (SSSR count). The Hall–Kier alpha value is -1.80. The molecule has 0 aromatic heterocycles. The van der Waals surface area contributed by atoms with Crippen LogP contribution in [0.2, 0.25) is 0 Å². The van der Waals surface area contributed by atoms with Crippen LogP contribution < -0.4 is 5.32 Å². The summed E-state index contributed by atoms with van der Waals surface area (Å²) >= 11 is 0. The van der Waals surface area contributed by atoms with E-state index in [0.717, 1.165) is 19.0 Å². The van der Waals surface area contributed by atoms with Gasteiger partial charge in [-0.05, 0) is 47.6 Å². The average Bonchev–Trinajstić information content (AvgIpc) is 3.26. The summed E-state index contributed by atoms with van der Waals surface area (Å²) in [6.07, 6.45) is 2.68. The summed E-state index contributed by atoms with van der Waals surface area (Å²) in [7, 11) is 0. The highest BCUT2D eigenvalue weighted by molar-refractivity contribution is 5.33. The highest BCUT2D eigenvalue weighted by Crippen LogP contribution is 2.41. The number of aromatic hydroxyl groups is 1. The maximum atomic E-state index is 9.24. The average molecular weight is 253 g/mol. The van der Waals surface area contributed by atoms with Crippen LogP contribution in [0.15, 0.2) is 48.5 Å². The predicted octanol–water partition coefficient (Wildman–Crippen LogP) is 3.56. The molecule has 0 atom stereocenters. The van der Waals surface area contributed by atoms with E-state index in [4.69, 9.17) is 0 Å². The molecule has 1 aliphatic rings. The van der Waals surface area contributed by atoms with E-state index in [2.05, 4.69) is 29.6 Å². The molecule has 2 nitrogen and oxygen atoms in total. The Labute approximate surface area is 114 Å². The second-order valence-electron chi connectivity index (χ2n) is 5.24. The molecule has 0 radical (unpaired) electrons. The molecule has 19 heavy (non-hydrogen) atoms. The van der Waals surface area contributed by atoms with Crippen molar-refractivity contribution in [2.75, 3.05) is 0 Å². The summed E-state index contributed by atoms with van der Waals surface area (Å²) in [5.74, 6) is 1.12. The molecule has 0 bridgehead atoms. The Kier molecular flexibility index (Phi) is 3.51. The summed E-state index contributed by atoms with van der Waals surface area (Å²) in [5, 5.41) is 12.7. The van der Waals surface area contributed by atoms with Gasteiger partial charge in [0.05, 0.1) is 0 Å². The Morgan fingerprint density at radius 1 is 0.947 bits per heavy atom. The molecular formula is C17H19NO. The summed E-state index contributed by atoms with van der Waals surface area (Å²) in [5.41, 5.74) is 4.13. The summed E-state index contributed by atoms with van der Waals surface area (Å²) in [6, 6.07) is 16.1. The van der Waals surface area contributed by atoms with Crippen LogP contribution in [0.5, 0.6) is 5.75 Å². The van der Waals surface area contributed by atoms with Gasteiger partial charge in [-0.1, -0.05) is 36.4 Å². The van der Waals surface area contributed by atoms with Crippen LogP contribution >= 0.6 is 0 Å². The van der Waals surface area contributed by atoms with Gasteiger partial charge in [0, 0.05) is 13.1 Å². The summed E-state index contributed by atoms with van der Waals surface area (Å²) < 4.78 is 0. The molecule has 0 saturated heterocycles. The zero-order valence-electron chi connectivity index (χ0n) is 11.0. The lowest BCUT2D eigenvalue weighted by Crippen LogP contribution is -2.13. The smallest absolute Gasteiger partial charge is 0.115 e. The van der Waals surface area contributed by atoms with E-state index < -0.39 is 0 Å². The topological polar surface area (TPSA) is 32.3 Å². The molecule has 0 heterocycles. The monoisotopic (exact) mass is 253 g/mol. The standard InChI is InChI=1S/C17H19NO/c19-16-9-5-13(6-10-16)11-18-12-15-3-1-2-4-17(15)14-7-8-14/h1-6,9-10,14,18-19H,7-8,11-12H2. The normalized spacial score (nSPS) is 14.5. The number of phenolic OH excluding ortho intramolecular Hbond substituents is 1. The van der Waals surface area contributed by atoms with E-state index in [1.165, 1.54) is 29.5 Å². The Balaban J connectivity index is 1.59. The number of rotatable bonds is 5. The molecule has 2 heteroatoms. The van der Waals surface area contributed by atoms with Crippen molar-refractivity contribution in [3.05, 3.63) is 65.2 Å². The minimum Gasteiger partial charge on any atom is -0.508 e. The number of hydrogen-bond donors (Lipinski definition) is 2. The third-order valence-electron chi connectivity index (χ3n) is 3.65. The number of phenols is 1. The largest absolute Gasteiger partial charge is 0.508 e. The van der Waals surface area contributed by atoms with E-state index in [1.54, 1.807) is 12.1 Å². The molecule has 1 fully saturated rings. The van der Waals surface area contributed by atoms with Crippen molar-refractivity contribution in [1.29, 1.82) is 0 Å². The van der Waals surface area contributed by atoms with Crippen molar-refractivity contribution in [2.24, 2.45) is 0 Å². The predicted molar refractivity (Wildman–Crippen MR) is 77.1 cm³/mol. The zero-order valence-corrected chi connectivity index (χ0v) is 11.0. The van der Waals surface area contributed by atoms with Crippen molar-refractivity contribution in [2.45, 2.75) is 31.8 Å². The summed E-state index contributed by atoms with van der Waals surface area (Å²) in [4.78, 5) is 0. The third-order valence-corrected chi connectivity index (χ3v) is 3.65. The van der Waals surface area contributed by atoms with Gasteiger partial charge in [-0.2, -0.15) is 0 Å². The third kappa shape index (κ3) is 3.15. The highest BCUT2D eigenvalue weighted by Gasteiger charge is 2.25. The Bertz CT molecular complexity index is 543. The molecule has 2 aromatic rings. The molecule has 1 aliphatic carbocycles. The molecule has 98 valence electrons. The van der Waals surface area contributed by atoms with E-state index in [0.29, 0.717) is 5.75 Å². The first-order valence-corrected chi connectivity index (χ1v) is 6.89. The lowest BCUT2D eigenvalue weighted by atomic mass is 10.0. The van der Waals surface area contributed by atoms with Crippen LogP contribution in [0.4, 0.5) is 0 Å². The van der Waals surface area contributed by atoms with Gasteiger partial charge in [-0.25, -0.2) is 0 Å². The van der Waals surface area contributed by atoms with Gasteiger partial charge in [0.1, 0.15) is 5.75 Å². The SMILES string of the molecule is Oc1ccc(CNCc2ccccc2C2CC2)cc1. The van der Waals surface area contributed by atoms with Crippen molar-refractivity contribution >= 4 is 0 Å². The first-order valence-electron chi connectivity index (χ1n) is 6.89. The molecule has 2 N–H and O–H groups in total. The van der Waals surface area contributed by atoms with Crippen LogP contribution in [0.1, 0.15) is 35.4 Å². The minimum atomic E-state index is 0.322. The number of nitrogens with one attached hydrogen (secondary N) is 1. The van der Waals surface area contributed by atoms with Gasteiger partial charge in [0.25, 0.3) is 0 Å². The molecule has 2 aromatic carbocycles. The number of hydrogen-bond acceptors (Lipinski definition) is 2. The lowest BCUT2D eigenvalue weighted by molar-refractivity contribution is 0.475. The van der Waals surface area contributed by atoms with E-state index in [1.807, 2.05) is 12.1 Å². The first kappa shape index (κ1) is 12.2. The minimum absolute atomic E-state index is 0.322. The van der Waals surface area contributed by atoms with E-state index in [-0.39, 0.29) is 0 Å². The van der Waals surface area contributed by atoms with Gasteiger partial charge in [-0.15, -0.1) is 0 Å². The van der Waals surface area contributed by atoms with E-state index >= 15 is 0 Å². The molecule has 0 aliphatic heterocycles. The Morgan fingerprint density at radius 2 is 1.68 bits per heavy atom. The van der Waals surface area contributed by atoms with Crippen molar-refractivity contribution in [3.63, 3.8) is 0 Å². The second kappa shape index (κ2) is 5.45. The fraction of sp³-hybridized carbons (Fsp3) is 0.294. The first-order chi connectivity index (χ1) is 9.33. The zero-order chi connectivity index (χ0) is 13.1. The molecule has 0 amide bonds. The van der Waals surface area contributed by atoms with E-state index in [9.17, 15) is 5.11 Å². The highest BCUT2D eigenvalue weighted by atomic mass is 16.3. The van der Waals surface area contributed by atoms with Gasteiger partial charge in [0.15, 0.2) is 0 Å². The van der Waals surface area contributed by atoms with Crippen molar-refractivity contribution < 1.29 is 5.11 Å². The molecule has 0 unspecified atom stereocenters. The second-order valence-corrected chi connectivity index (χ2v) is 5.24. The number of benzene rings is 2. The van der Waals surface area contributed by atoms with Crippen LogP contribution in [0.3, 0.4) is 0 Å². The molecular weight excluding hydrogens is 234 g/mol. The Morgan fingerprint density at radius 3 is 2.42 bits per heavy atom.